The van der Waals surface area contributed by atoms with E-state index in [0.29, 0.717) is 19.4 Å². The molecule has 1 saturated heterocycles. The van der Waals surface area contributed by atoms with Crippen molar-refractivity contribution in [1.29, 1.82) is 0 Å². The number of rotatable bonds is 6. The summed E-state index contributed by atoms with van der Waals surface area (Å²) in [7, 11) is 3.69. The minimum Gasteiger partial charge on any atom is -0.350 e. The summed E-state index contributed by atoms with van der Waals surface area (Å²) in [6, 6.07) is -0.334. The standard InChI is InChI=1S/C16H27N5O2/c1-5-21(6-2)11-13(22)18-12-7-8-14(23)20(4)15(12)16-17-9-10-19(16)3/h9-10,12,15H,5-8,11H2,1-4H3,(H,18,22)/t12-,15-/m1/s1. The van der Waals surface area contributed by atoms with Crippen molar-refractivity contribution in [3.63, 3.8) is 0 Å². The number of hydrogen-bond acceptors (Lipinski definition) is 4. The van der Waals surface area contributed by atoms with E-state index in [0.717, 1.165) is 18.9 Å². The summed E-state index contributed by atoms with van der Waals surface area (Å²) in [6.45, 7) is 6.15. The summed E-state index contributed by atoms with van der Waals surface area (Å²) < 4.78 is 1.91. The Morgan fingerprint density at radius 3 is 2.65 bits per heavy atom. The molecule has 128 valence electrons. The molecule has 2 atom stereocenters. The molecule has 1 aromatic rings. The van der Waals surface area contributed by atoms with E-state index >= 15 is 0 Å². The third kappa shape index (κ3) is 3.90. The Morgan fingerprint density at radius 1 is 1.39 bits per heavy atom. The van der Waals surface area contributed by atoms with Crippen LogP contribution in [0.15, 0.2) is 12.4 Å². The molecule has 0 unspecified atom stereocenters. The largest absolute Gasteiger partial charge is 0.350 e. The number of imidazole rings is 1. The van der Waals surface area contributed by atoms with Gasteiger partial charge < -0.3 is 14.8 Å². The van der Waals surface area contributed by atoms with Crippen molar-refractivity contribution in [2.75, 3.05) is 26.7 Å². The van der Waals surface area contributed by atoms with Crippen molar-refractivity contribution in [1.82, 2.24) is 24.7 Å². The smallest absolute Gasteiger partial charge is 0.234 e. The molecular formula is C16H27N5O2. The highest BCUT2D eigenvalue weighted by Gasteiger charge is 2.37. The predicted molar refractivity (Wildman–Crippen MR) is 87.7 cm³/mol. The van der Waals surface area contributed by atoms with Crippen molar-refractivity contribution in [3.05, 3.63) is 18.2 Å². The zero-order valence-electron chi connectivity index (χ0n) is 14.5. The molecule has 0 radical (unpaired) electrons. The normalized spacial score (nSPS) is 21.8. The minimum atomic E-state index is -0.225. The Labute approximate surface area is 137 Å². The number of aryl methyl sites for hydroxylation is 1. The molecule has 1 aliphatic rings. The van der Waals surface area contributed by atoms with E-state index in [9.17, 15) is 9.59 Å². The Kier molecular flexibility index (Phi) is 5.76. The summed E-state index contributed by atoms with van der Waals surface area (Å²) in [5.41, 5.74) is 0. The van der Waals surface area contributed by atoms with Crippen molar-refractivity contribution in [2.24, 2.45) is 7.05 Å². The number of nitrogens with zero attached hydrogens (tertiary/aromatic N) is 4. The van der Waals surface area contributed by atoms with Crippen LogP contribution < -0.4 is 5.32 Å². The third-order valence-corrected chi connectivity index (χ3v) is 4.59. The topological polar surface area (TPSA) is 70.5 Å². The maximum Gasteiger partial charge on any atom is 0.234 e. The van der Waals surface area contributed by atoms with Crippen LogP contribution in [0, 0.1) is 0 Å². The first-order chi connectivity index (χ1) is 11.0. The van der Waals surface area contributed by atoms with E-state index < -0.39 is 0 Å². The number of amides is 2. The highest BCUT2D eigenvalue weighted by molar-refractivity contribution is 5.80. The second kappa shape index (κ2) is 7.59. The number of likely N-dealkylation sites (N-methyl/N-ethyl adjacent to an activating group) is 2. The number of carbonyl (C=O) groups is 2. The lowest BCUT2D eigenvalue weighted by atomic mass is 9.95. The number of piperidine rings is 1. The van der Waals surface area contributed by atoms with Gasteiger partial charge in [-0.2, -0.15) is 0 Å². The van der Waals surface area contributed by atoms with Gasteiger partial charge in [-0.05, 0) is 19.5 Å². The first kappa shape index (κ1) is 17.5. The van der Waals surface area contributed by atoms with Crippen molar-refractivity contribution < 1.29 is 9.59 Å². The Hall–Kier alpha value is -1.89. The number of nitrogens with one attached hydrogen (secondary N) is 1. The first-order valence-electron chi connectivity index (χ1n) is 8.22. The van der Waals surface area contributed by atoms with Gasteiger partial charge in [0.25, 0.3) is 0 Å². The van der Waals surface area contributed by atoms with Crippen LogP contribution in [0.5, 0.6) is 0 Å². The Bertz CT molecular complexity index is 552. The maximum atomic E-state index is 12.3. The minimum absolute atomic E-state index is 0.000609. The van der Waals surface area contributed by atoms with Crippen molar-refractivity contribution >= 4 is 11.8 Å². The molecule has 7 heteroatoms. The van der Waals surface area contributed by atoms with Gasteiger partial charge in [-0.15, -0.1) is 0 Å². The lowest BCUT2D eigenvalue weighted by Crippen LogP contribution is -2.53. The summed E-state index contributed by atoms with van der Waals surface area (Å²) in [5, 5.41) is 3.11. The van der Waals surface area contributed by atoms with E-state index in [2.05, 4.69) is 15.2 Å². The fourth-order valence-electron chi connectivity index (χ4n) is 3.11. The third-order valence-electron chi connectivity index (χ3n) is 4.59. The van der Waals surface area contributed by atoms with Crippen LogP contribution in [-0.4, -0.2) is 63.9 Å². The summed E-state index contributed by atoms with van der Waals surface area (Å²) >= 11 is 0. The molecule has 23 heavy (non-hydrogen) atoms. The molecule has 0 aliphatic carbocycles. The second-order valence-corrected chi connectivity index (χ2v) is 6.02. The number of likely N-dealkylation sites (tertiary alicyclic amines) is 1. The molecule has 2 amide bonds. The van der Waals surface area contributed by atoms with Gasteiger partial charge in [-0.3, -0.25) is 14.5 Å². The summed E-state index contributed by atoms with van der Waals surface area (Å²) in [6.07, 6.45) is 4.67. The molecule has 1 aromatic heterocycles. The monoisotopic (exact) mass is 321 g/mol. The Morgan fingerprint density at radius 2 is 2.09 bits per heavy atom. The molecule has 2 heterocycles. The van der Waals surface area contributed by atoms with Gasteiger partial charge in [0.1, 0.15) is 11.9 Å². The lowest BCUT2D eigenvalue weighted by Gasteiger charge is -2.39. The van der Waals surface area contributed by atoms with Crippen LogP contribution in [0.1, 0.15) is 38.6 Å². The highest BCUT2D eigenvalue weighted by Crippen LogP contribution is 2.29. The quantitative estimate of drug-likeness (QED) is 0.830. The van der Waals surface area contributed by atoms with E-state index in [1.54, 1.807) is 18.1 Å². The van der Waals surface area contributed by atoms with Crippen LogP contribution in [-0.2, 0) is 16.6 Å². The fourth-order valence-corrected chi connectivity index (χ4v) is 3.11. The second-order valence-electron chi connectivity index (χ2n) is 6.02. The van der Waals surface area contributed by atoms with Crippen LogP contribution in [0.3, 0.4) is 0 Å². The van der Waals surface area contributed by atoms with Crippen molar-refractivity contribution in [3.8, 4) is 0 Å². The highest BCUT2D eigenvalue weighted by atomic mass is 16.2. The zero-order valence-corrected chi connectivity index (χ0v) is 14.5. The molecule has 1 fully saturated rings. The number of hydrogen-bond donors (Lipinski definition) is 1. The molecule has 0 bridgehead atoms. The van der Waals surface area contributed by atoms with Gasteiger partial charge in [-0.1, -0.05) is 13.8 Å². The van der Waals surface area contributed by atoms with Crippen molar-refractivity contribution in [2.45, 2.75) is 38.8 Å². The van der Waals surface area contributed by atoms with Crippen LogP contribution in [0.25, 0.3) is 0 Å². The molecule has 1 N–H and O–H groups in total. The molecule has 0 aromatic carbocycles. The molecule has 2 rings (SSSR count). The van der Waals surface area contributed by atoms with Crippen LogP contribution >= 0.6 is 0 Å². The summed E-state index contributed by atoms with van der Waals surface area (Å²) in [4.78, 5) is 32.6. The van der Waals surface area contributed by atoms with Gasteiger partial charge >= 0.3 is 0 Å². The van der Waals surface area contributed by atoms with E-state index in [1.165, 1.54) is 0 Å². The van der Waals surface area contributed by atoms with Crippen LogP contribution in [0.4, 0.5) is 0 Å². The average molecular weight is 321 g/mol. The van der Waals surface area contributed by atoms with E-state index in [-0.39, 0.29) is 23.9 Å². The molecule has 1 aliphatic heterocycles. The van der Waals surface area contributed by atoms with Gasteiger partial charge in [0.15, 0.2) is 0 Å². The number of carbonyl (C=O) groups excluding carboxylic acids is 2. The zero-order chi connectivity index (χ0) is 17.0. The van der Waals surface area contributed by atoms with Gasteiger partial charge in [0.2, 0.25) is 11.8 Å². The first-order valence-corrected chi connectivity index (χ1v) is 8.22. The molecule has 0 spiro atoms. The van der Waals surface area contributed by atoms with Crippen LogP contribution in [0.2, 0.25) is 0 Å². The average Bonchev–Trinajstić information content (AvgIpc) is 2.94. The van der Waals surface area contributed by atoms with Gasteiger partial charge in [0.05, 0.1) is 12.6 Å². The molecule has 7 nitrogen and oxygen atoms in total. The predicted octanol–water partition coefficient (Wildman–Crippen LogP) is 0.540. The molecular weight excluding hydrogens is 294 g/mol. The molecule has 0 saturated carbocycles. The SMILES string of the molecule is CCN(CC)CC(=O)N[C@@H]1CCC(=O)N(C)[C@H]1c1nccn1C. The fraction of sp³-hybridized carbons (Fsp3) is 0.688. The van der Waals surface area contributed by atoms with Gasteiger partial charge in [-0.25, -0.2) is 4.98 Å². The summed E-state index contributed by atoms with van der Waals surface area (Å²) in [5.74, 6) is 0.890. The van der Waals surface area contributed by atoms with E-state index in [1.807, 2.05) is 31.7 Å². The Balaban J connectivity index is 2.13. The van der Waals surface area contributed by atoms with Gasteiger partial charge in [0, 0.05) is 32.9 Å². The van der Waals surface area contributed by atoms with E-state index in [4.69, 9.17) is 0 Å². The lowest BCUT2D eigenvalue weighted by molar-refractivity contribution is -0.138. The maximum absolute atomic E-state index is 12.3. The number of aromatic nitrogens is 2.